The van der Waals surface area contributed by atoms with Gasteiger partial charge in [-0.25, -0.2) is 0 Å². The van der Waals surface area contributed by atoms with E-state index in [1.165, 1.54) is 7.11 Å². The van der Waals surface area contributed by atoms with Crippen LogP contribution in [0.3, 0.4) is 0 Å². The Balaban J connectivity index is 3.31. The molecule has 0 aliphatic carbocycles. The maximum absolute atomic E-state index is 11.0. The Kier molecular flexibility index (Phi) is 2.46. The lowest BCUT2D eigenvalue weighted by Gasteiger charge is -2.03. The number of carbonyl (C=O) groups excluding carboxylic acids is 1. The first-order valence-electron chi connectivity index (χ1n) is 3.82. The second-order valence-corrected chi connectivity index (χ2v) is 2.65. The van der Waals surface area contributed by atoms with Crippen molar-refractivity contribution in [3.63, 3.8) is 0 Å². The zero-order valence-electron chi connectivity index (χ0n) is 7.92. The van der Waals surface area contributed by atoms with Crippen LogP contribution in [0.2, 0.25) is 0 Å². The minimum atomic E-state index is -0.499. The fraction of sp³-hybridized carbons (Fsp3) is 0.375. The van der Waals surface area contributed by atoms with Gasteiger partial charge in [0, 0.05) is 20.3 Å². The summed E-state index contributed by atoms with van der Waals surface area (Å²) in [7, 11) is 4.99. The maximum Gasteiger partial charge on any atom is 0.269 e. The number of nitrogens with zero attached hydrogens (tertiary/aromatic N) is 1. The minimum absolute atomic E-state index is 0.367. The molecule has 0 radical (unpaired) electrons. The van der Waals surface area contributed by atoms with E-state index in [0.717, 1.165) is 5.69 Å². The highest BCUT2D eigenvalue weighted by atomic mass is 16.5. The van der Waals surface area contributed by atoms with Crippen LogP contribution in [-0.4, -0.2) is 24.6 Å². The molecule has 0 spiro atoms. The third kappa shape index (κ3) is 1.44. The second kappa shape index (κ2) is 3.38. The molecule has 0 aliphatic rings. The zero-order valence-corrected chi connectivity index (χ0v) is 7.92. The van der Waals surface area contributed by atoms with Crippen LogP contribution in [0.4, 0.5) is 5.69 Å². The van der Waals surface area contributed by atoms with Crippen LogP contribution in [0.15, 0.2) is 6.20 Å². The number of aryl methyl sites for hydroxylation is 1. The van der Waals surface area contributed by atoms with Crippen LogP contribution in [0.5, 0.6) is 5.75 Å². The van der Waals surface area contributed by atoms with Gasteiger partial charge in [-0.3, -0.25) is 4.79 Å². The summed E-state index contributed by atoms with van der Waals surface area (Å²) in [4.78, 5) is 11.0. The molecule has 5 heteroatoms. The first kappa shape index (κ1) is 9.44. The predicted molar refractivity (Wildman–Crippen MR) is 50.0 cm³/mol. The number of hydrogen-bond donors (Lipinski definition) is 2. The number of nitrogens with two attached hydrogens (primary N) is 1. The molecular formula is C8H13N3O2. The molecular weight excluding hydrogens is 170 g/mol. The molecule has 72 valence electrons. The summed E-state index contributed by atoms with van der Waals surface area (Å²) >= 11 is 0. The number of aromatic nitrogens is 1. The Morgan fingerprint density at radius 1 is 1.69 bits per heavy atom. The third-order valence-electron chi connectivity index (χ3n) is 1.84. The Bertz CT molecular complexity index is 330. The quantitative estimate of drug-likeness (QED) is 0.702. The monoisotopic (exact) mass is 183 g/mol. The van der Waals surface area contributed by atoms with Gasteiger partial charge in [-0.2, -0.15) is 0 Å². The largest absolute Gasteiger partial charge is 0.492 e. The van der Waals surface area contributed by atoms with Crippen molar-refractivity contribution in [3.8, 4) is 5.75 Å². The summed E-state index contributed by atoms with van der Waals surface area (Å²) in [6.45, 7) is 0. The summed E-state index contributed by atoms with van der Waals surface area (Å²) < 4.78 is 6.70. The number of methoxy groups -OCH3 is 1. The van der Waals surface area contributed by atoms with Gasteiger partial charge in [-0.05, 0) is 0 Å². The maximum atomic E-state index is 11.0. The zero-order chi connectivity index (χ0) is 10.0. The molecule has 0 bridgehead atoms. The van der Waals surface area contributed by atoms with E-state index in [1.54, 1.807) is 24.9 Å². The predicted octanol–water partition coefficient (Wildman–Crippen LogP) is 0.174. The van der Waals surface area contributed by atoms with Crippen molar-refractivity contribution >= 4 is 11.6 Å². The highest BCUT2D eigenvalue weighted by Gasteiger charge is 2.17. The topological polar surface area (TPSA) is 69.3 Å². The first-order chi connectivity index (χ1) is 6.11. The SMILES string of the molecule is CNc1cn(C)c(C(N)=O)c1OC. The standard InChI is InChI=1S/C8H13N3O2/c1-10-5-4-11(2)6(8(9)12)7(5)13-3/h4,10H,1-3H3,(H2,9,12). The molecule has 0 saturated carbocycles. The highest BCUT2D eigenvalue weighted by Crippen LogP contribution is 2.29. The molecule has 13 heavy (non-hydrogen) atoms. The van der Waals surface area contributed by atoms with Gasteiger partial charge in [0.1, 0.15) is 0 Å². The van der Waals surface area contributed by atoms with Gasteiger partial charge in [0.2, 0.25) is 0 Å². The van der Waals surface area contributed by atoms with E-state index in [9.17, 15) is 4.79 Å². The number of rotatable bonds is 3. The Labute approximate surface area is 76.5 Å². The summed E-state index contributed by atoms with van der Waals surface area (Å²) in [5.74, 6) is -0.0154. The normalized spacial score (nSPS) is 9.77. The number of ether oxygens (including phenoxy) is 1. The fourth-order valence-electron chi connectivity index (χ4n) is 1.27. The van der Waals surface area contributed by atoms with Crippen molar-refractivity contribution in [2.45, 2.75) is 0 Å². The van der Waals surface area contributed by atoms with Crippen molar-refractivity contribution in [2.75, 3.05) is 19.5 Å². The van der Waals surface area contributed by atoms with E-state index in [4.69, 9.17) is 10.5 Å². The number of anilines is 1. The van der Waals surface area contributed by atoms with Gasteiger partial charge in [-0.1, -0.05) is 0 Å². The molecule has 0 unspecified atom stereocenters. The number of hydrogen-bond acceptors (Lipinski definition) is 3. The van der Waals surface area contributed by atoms with E-state index < -0.39 is 5.91 Å². The Morgan fingerprint density at radius 2 is 2.31 bits per heavy atom. The molecule has 1 heterocycles. The summed E-state index contributed by atoms with van der Waals surface area (Å²) in [6.07, 6.45) is 1.75. The van der Waals surface area contributed by atoms with Crippen LogP contribution in [-0.2, 0) is 7.05 Å². The average molecular weight is 183 g/mol. The smallest absolute Gasteiger partial charge is 0.269 e. The Morgan fingerprint density at radius 3 is 2.69 bits per heavy atom. The minimum Gasteiger partial charge on any atom is -0.492 e. The van der Waals surface area contributed by atoms with Gasteiger partial charge >= 0.3 is 0 Å². The molecule has 1 aromatic rings. The first-order valence-corrected chi connectivity index (χ1v) is 3.82. The van der Waals surface area contributed by atoms with Crippen LogP contribution in [0.25, 0.3) is 0 Å². The molecule has 0 saturated heterocycles. The van der Waals surface area contributed by atoms with Crippen molar-refractivity contribution in [1.82, 2.24) is 4.57 Å². The van der Waals surface area contributed by atoms with Crippen molar-refractivity contribution in [3.05, 3.63) is 11.9 Å². The number of nitrogens with one attached hydrogen (secondary N) is 1. The molecule has 0 aliphatic heterocycles. The van der Waals surface area contributed by atoms with Gasteiger partial charge in [0.25, 0.3) is 5.91 Å². The lowest BCUT2D eigenvalue weighted by molar-refractivity contribution is 0.0989. The molecule has 1 aromatic heterocycles. The molecule has 1 rings (SSSR count). The van der Waals surface area contributed by atoms with Crippen LogP contribution in [0, 0.1) is 0 Å². The summed E-state index contributed by atoms with van der Waals surface area (Å²) in [5.41, 5.74) is 6.31. The summed E-state index contributed by atoms with van der Waals surface area (Å²) in [6, 6.07) is 0. The van der Waals surface area contributed by atoms with Crippen molar-refractivity contribution < 1.29 is 9.53 Å². The van der Waals surface area contributed by atoms with Gasteiger partial charge in [0.05, 0.1) is 12.8 Å². The van der Waals surface area contributed by atoms with Crippen LogP contribution >= 0.6 is 0 Å². The third-order valence-corrected chi connectivity index (χ3v) is 1.84. The highest BCUT2D eigenvalue weighted by molar-refractivity contribution is 5.96. The molecule has 0 aromatic carbocycles. The molecule has 0 atom stereocenters. The van der Waals surface area contributed by atoms with Crippen LogP contribution in [0.1, 0.15) is 10.5 Å². The number of carbonyl (C=O) groups is 1. The van der Waals surface area contributed by atoms with Gasteiger partial charge < -0.3 is 20.4 Å². The lowest BCUT2D eigenvalue weighted by Crippen LogP contribution is -2.16. The fourth-order valence-corrected chi connectivity index (χ4v) is 1.27. The van der Waals surface area contributed by atoms with Gasteiger partial charge in [0.15, 0.2) is 11.4 Å². The Hall–Kier alpha value is -1.65. The molecule has 3 N–H and O–H groups in total. The van der Waals surface area contributed by atoms with E-state index in [1.807, 2.05) is 0 Å². The number of amides is 1. The number of primary amides is 1. The van der Waals surface area contributed by atoms with E-state index >= 15 is 0 Å². The van der Waals surface area contributed by atoms with Crippen molar-refractivity contribution in [2.24, 2.45) is 12.8 Å². The van der Waals surface area contributed by atoms with Gasteiger partial charge in [-0.15, -0.1) is 0 Å². The van der Waals surface area contributed by atoms with E-state index in [-0.39, 0.29) is 0 Å². The second-order valence-electron chi connectivity index (χ2n) is 2.65. The van der Waals surface area contributed by atoms with Crippen LogP contribution < -0.4 is 15.8 Å². The average Bonchev–Trinajstić information content (AvgIpc) is 2.41. The molecule has 1 amide bonds. The van der Waals surface area contributed by atoms with E-state index in [2.05, 4.69) is 5.32 Å². The van der Waals surface area contributed by atoms with Crippen molar-refractivity contribution in [1.29, 1.82) is 0 Å². The molecule has 0 fully saturated rings. The lowest BCUT2D eigenvalue weighted by atomic mass is 10.3. The molecule has 5 nitrogen and oxygen atoms in total. The summed E-state index contributed by atoms with van der Waals surface area (Å²) in [5, 5.41) is 2.91. The van der Waals surface area contributed by atoms with E-state index in [0.29, 0.717) is 11.4 Å².